The van der Waals surface area contributed by atoms with Crippen LogP contribution >= 0.6 is 0 Å². The molecule has 0 spiro atoms. The van der Waals surface area contributed by atoms with Crippen LogP contribution in [0.15, 0.2) is 36.8 Å². The highest BCUT2D eigenvalue weighted by Crippen LogP contribution is 2.32. The van der Waals surface area contributed by atoms with Gasteiger partial charge in [-0.25, -0.2) is 4.98 Å². The number of carbonyl (C=O) groups is 1. The molecule has 0 bridgehead atoms. The van der Waals surface area contributed by atoms with E-state index in [4.69, 9.17) is 9.47 Å². The van der Waals surface area contributed by atoms with E-state index >= 15 is 0 Å². The van der Waals surface area contributed by atoms with Crippen LogP contribution in [0.2, 0.25) is 0 Å². The normalized spacial score (nSPS) is 14.3. The molecule has 1 aliphatic rings. The molecule has 0 fully saturated rings. The number of hydrogen-bond acceptors (Lipinski definition) is 5. The molecule has 3 rings (SSSR count). The van der Waals surface area contributed by atoms with E-state index in [0.717, 1.165) is 11.3 Å². The van der Waals surface area contributed by atoms with Gasteiger partial charge in [0.1, 0.15) is 18.9 Å². The molecule has 6 heteroatoms. The van der Waals surface area contributed by atoms with Crippen LogP contribution in [0.25, 0.3) is 0 Å². The van der Waals surface area contributed by atoms with E-state index in [0.29, 0.717) is 24.7 Å². The lowest BCUT2D eigenvalue weighted by atomic mass is 10.1. The zero-order valence-corrected chi connectivity index (χ0v) is 11.6. The number of benzene rings is 1. The van der Waals surface area contributed by atoms with Gasteiger partial charge in [0.05, 0.1) is 12.2 Å². The van der Waals surface area contributed by atoms with Crippen molar-refractivity contribution in [2.75, 3.05) is 13.2 Å². The van der Waals surface area contributed by atoms with Crippen molar-refractivity contribution in [1.29, 1.82) is 0 Å². The number of ether oxygens (including phenoxy) is 2. The van der Waals surface area contributed by atoms with E-state index in [1.165, 1.54) is 18.6 Å². The van der Waals surface area contributed by atoms with Crippen LogP contribution < -0.4 is 14.8 Å². The molecule has 0 radical (unpaired) electrons. The maximum Gasteiger partial charge on any atom is 0.271 e. The number of aromatic nitrogens is 2. The van der Waals surface area contributed by atoms with Gasteiger partial charge < -0.3 is 14.8 Å². The van der Waals surface area contributed by atoms with E-state index < -0.39 is 0 Å². The zero-order chi connectivity index (χ0) is 14.7. The van der Waals surface area contributed by atoms with Crippen molar-refractivity contribution < 1.29 is 14.3 Å². The first-order chi connectivity index (χ1) is 10.2. The van der Waals surface area contributed by atoms with Crippen LogP contribution in [0, 0.1) is 0 Å². The van der Waals surface area contributed by atoms with Gasteiger partial charge in [0.25, 0.3) is 5.91 Å². The minimum Gasteiger partial charge on any atom is -0.486 e. The molecule has 1 atom stereocenters. The Kier molecular flexibility index (Phi) is 3.68. The molecule has 1 aromatic heterocycles. The standard InChI is InChI=1S/C15H15N3O3/c1-10(18-15(19)12-9-16-4-5-17-12)11-2-3-13-14(8-11)21-7-6-20-13/h2-5,8-10H,6-7H2,1H3,(H,18,19)/t10-/m1/s1. The number of carbonyl (C=O) groups excluding carboxylic acids is 1. The zero-order valence-electron chi connectivity index (χ0n) is 11.6. The summed E-state index contributed by atoms with van der Waals surface area (Å²) in [6, 6.07) is 5.48. The molecule has 1 aromatic carbocycles. The average Bonchev–Trinajstić information content (AvgIpc) is 2.55. The second-order valence-electron chi connectivity index (χ2n) is 4.69. The van der Waals surface area contributed by atoms with E-state index in [2.05, 4.69) is 15.3 Å². The highest BCUT2D eigenvalue weighted by molar-refractivity contribution is 5.92. The third kappa shape index (κ3) is 2.94. The fraction of sp³-hybridized carbons (Fsp3) is 0.267. The van der Waals surface area contributed by atoms with Gasteiger partial charge in [0, 0.05) is 12.4 Å². The van der Waals surface area contributed by atoms with Gasteiger partial charge in [-0.15, -0.1) is 0 Å². The molecule has 0 saturated carbocycles. The third-order valence-electron chi connectivity index (χ3n) is 3.21. The summed E-state index contributed by atoms with van der Waals surface area (Å²) in [7, 11) is 0. The lowest BCUT2D eigenvalue weighted by molar-refractivity contribution is 0.0934. The first kappa shape index (κ1) is 13.4. The highest BCUT2D eigenvalue weighted by atomic mass is 16.6. The van der Waals surface area contributed by atoms with E-state index in [1.54, 1.807) is 0 Å². The van der Waals surface area contributed by atoms with Gasteiger partial charge in [-0.05, 0) is 24.6 Å². The molecule has 108 valence electrons. The predicted octanol–water partition coefficient (Wildman–Crippen LogP) is 1.74. The van der Waals surface area contributed by atoms with Crippen LogP contribution in [0.3, 0.4) is 0 Å². The van der Waals surface area contributed by atoms with Crippen LogP contribution in [-0.2, 0) is 0 Å². The summed E-state index contributed by atoms with van der Waals surface area (Å²) in [4.78, 5) is 19.9. The van der Waals surface area contributed by atoms with E-state index in [1.807, 2.05) is 25.1 Å². The maximum absolute atomic E-state index is 12.0. The fourth-order valence-corrected chi connectivity index (χ4v) is 2.10. The van der Waals surface area contributed by atoms with Crippen LogP contribution in [-0.4, -0.2) is 29.1 Å². The monoisotopic (exact) mass is 285 g/mol. The summed E-state index contributed by atoms with van der Waals surface area (Å²) >= 11 is 0. The molecule has 1 N–H and O–H groups in total. The molecular formula is C15H15N3O3. The molecule has 6 nitrogen and oxygen atoms in total. The Balaban J connectivity index is 1.73. The number of rotatable bonds is 3. The summed E-state index contributed by atoms with van der Waals surface area (Å²) < 4.78 is 11.0. The predicted molar refractivity (Wildman–Crippen MR) is 75.3 cm³/mol. The van der Waals surface area contributed by atoms with Gasteiger partial charge in [0.15, 0.2) is 11.5 Å². The average molecular weight is 285 g/mol. The molecule has 0 saturated heterocycles. The van der Waals surface area contributed by atoms with Gasteiger partial charge >= 0.3 is 0 Å². The minimum absolute atomic E-state index is 0.171. The SMILES string of the molecule is C[C@@H](NC(=O)c1cnccn1)c1ccc2c(c1)OCCO2. The molecule has 0 aliphatic carbocycles. The molecule has 1 amide bonds. The summed E-state index contributed by atoms with van der Waals surface area (Å²) in [6.45, 7) is 3.00. The fourth-order valence-electron chi connectivity index (χ4n) is 2.10. The Hall–Kier alpha value is -2.63. The van der Waals surface area contributed by atoms with Crippen molar-refractivity contribution in [2.45, 2.75) is 13.0 Å². The quantitative estimate of drug-likeness (QED) is 0.930. The Morgan fingerprint density at radius 3 is 2.81 bits per heavy atom. The number of fused-ring (bicyclic) bond motifs is 1. The number of amides is 1. The van der Waals surface area contributed by atoms with E-state index in [9.17, 15) is 4.79 Å². The number of hydrogen-bond donors (Lipinski definition) is 1. The smallest absolute Gasteiger partial charge is 0.271 e. The maximum atomic E-state index is 12.0. The Bertz CT molecular complexity index is 646. The summed E-state index contributed by atoms with van der Waals surface area (Å²) in [5, 5.41) is 2.88. The van der Waals surface area contributed by atoms with Crippen LogP contribution in [0.5, 0.6) is 11.5 Å². The minimum atomic E-state index is -0.259. The Morgan fingerprint density at radius 1 is 1.24 bits per heavy atom. The van der Waals surface area contributed by atoms with Crippen molar-refractivity contribution in [3.63, 3.8) is 0 Å². The van der Waals surface area contributed by atoms with Gasteiger partial charge in [0.2, 0.25) is 0 Å². The largest absolute Gasteiger partial charge is 0.486 e. The molecule has 21 heavy (non-hydrogen) atoms. The molecule has 0 unspecified atom stereocenters. The molecular weight excluding hydrogens is 270 g/mol. The van der Waals surface area contributed by atoms with Crippen molar-refractivity contribution in [1.82, 2.24) is 15.3 Å². The van der Waals surface area contributed by atoms with Crippen LogP contribution in [0.4, 0.5) is 0 Å². The molecule has 2 heterocycles. The van der Waals surface area contributed by atoms with E-state index in [-0.39, 0.29) is 11.9 Å². The topological polar surface area (TPSA) is 73.3 Å². The second kappa shape index (κ2) is 5.78. The highest BCUT2D eigenvalue weighted by Gasteiger charge is 2.16. The Labute approximate surface area is 122 Å². The first-order valence-electron chi connectivity index (χ1n) is 6.70. The molecule has 2 aromatic rings. The third-order valence-corrected chi connectivity index (χ3v) is 3.21. The van der Waals surface area contributed by atoms with Gasteiger partial charge in [-0.1, -0.05) is 6.07 Å². The van der Waals surface area contributed by atoms with Gasteiger partial charge in [-0.3, -0.25) is 9.78 Å². The van der Waals surface area contributed by atoms with Crippen molar-refractivity contribution in [3.8, 4) is 11.5 Å². The molecule has 1 aliphatic heterocycles. The summed E-state index contributed by atoms with van der Waals surface area (Å²) in [6.07, 6.45) is 4.45. The number of nitrogens with zero attached hydrogens (tertiary/aromatic N) is 2. The van der Waals surface area contributed by atoms with Crippen molar-refractivity contribution in [3.05, 3.63) is 48.0 Å². The summed E-state index contributed by atoms with van der Waals surface area (Å²) in [5.74, 6) is 1.18. The lowest BCUT2D eigenvalue weighted by Gasteiger charge is -2.21. The lowest BCUT2D eigenvalue weighted by Crippen LogP contribution is -2.27. The second-order valence-corrected chi connectivity index (χ2v) is 4.69. The van der Waals surface area contributed by atoms with Crippen molar-refractivity contribution in [2.24, 2.45) is 0 Å². The Morgan fingerprint density at radius 2 is 2.05 bits per heavy atom. The number of nitrogens with one attached hydrogen (secondary N) is 1. The first-order valence-corrected chi connectivity index (χ1v) is 6.70. The van der Waals surface area contributed by atoms with Crippen LogP contribution in [0.1, 0.15) is 29.0 Å². The summed E-state index contributed by atoms with van der Waals surface area (Å²) in [5.41, 5.74) is 1.23. The van der Waals surface area contributed by atoms with Crippen molar-refractivity contribution >= 4 is 5.91 Å². The van der Waals surface area contributed by atoms with Gasteiger partial charge in [-0.2, -0.15) is 0 Å².